The SMILES string of the molecule is CC(C)(C)OC(=O)N1CCC[C@H]1c1nc(-c2ccc(CCc3ccc(C(C)(C)C)cc3)c(C(F)(F)F)c2)no1. The van der Waals surface area contributed by atoms with Gasteiger partial charge in [-0.1, -0.05) is 62.3 Å². The van der Waals surface area contributed by atoms with Crippen LogP contribution in [0.5, 0.6) is 0 Å². The number of ether oxygens (including phenoxy) is 1. The van der Waals surface area contributed by atoms with Crippen molar-refractivity contribution >= 4 is 6.09 Å². The molecule has 1 saturated heterocycles. The zero-order chi connectivity index (χ0) is 28.6. The highest BCUT2D eigenvalue weighted by Crippen LogP contribution is 2.37. The van der Waals surface area contributed by atoms with Crippen LogP contribution < -0.4 is 0 Å². The molecule has 210 valence electrons. The number of aromatic nitrogens is 2. The number of alkyl halides is 3. The van der Waals surface area contributed by atoms with E-state index in [4.69, 9.17) is 9.26 Å². The van der Waals surface area contributed by atoms with Crippen LogP contribution in [-0.2, 0) is 29.2 Å². The summed E-state index contributed by atoms with van der Waals surface area (Å²) in [5.41, 5.74) is 1.22. The Morgan fingerprint density at radius 3 is 2.33 bits per heavy atom. The molecule has 3 aromatic rings. The number of hydrogen-bond acceptors (Lipinski definition) is 5. The predicted molar refractivity (Wildman–Crippen MR) is 142 cm³/mol. The molecule has 0 N–H and O–H groups in total. The fourth-order valence-corrected chi connectivity index (χ4v) is 4.70. The lowest BCUT2D eigenvalue weighted by molar-refractivity contribution is -0.138. The second-order valence-electron chi connectivity index (χ2n) is 12.1. The molecule has 1 amide bonds. The lowest BCUT2D eigenvalue weighted by Crippen LogP contribution is -2.36. The van der Waals surface area contributed by atoms with Crippen molar-refractivity contribution in [1.82, 2.24) is 15.0 Å². The van der Waals surface area contributed by atoms with E-state index in [1.54, 1.807) is 26.8 Å². The van der Waals surface area contributed by atoms with Gasteiger partial charge in [0.1, 0.15) is 11.6 Å². The van der Waals surface area contributed by atoms with Crippen LogP contribution in [0.1, 0.15) is 88.6 Å². The molecule has 0 saturated carbocycles. The summed E-state index contributed by atoms with van der Waals surface area (Å²) in [6, 6.07) is 11.7. The largest absolute Gasteiger partial charge is 0.444 e. The summed E-state index contributed by atoms with van der Waals surface area (Å²) in [4.78, 5) is 18.5. The summed E-state index contributed by atoms with van der Waals surface area (Å²) in [5, 5.41) is 3.94. The van der Waals surface area contributed by atoms with Crippen molar-refractivity contribution in [3.63, 3.8) is 0 Å². The van der Waals surface area contributed by atoms with Crippen molar-refractivity contribution in [3.05, 3.63) is 70.6 Å². The van der Waals surface area contributed by atoms with E-state index in [-0.39, 0.29) is 34.7 Å². The van der Waals surface area contributed by atoms with Crippen LogP contribution in [0.25, 0.3) is 11.4 Å². The topological polar surface area (TPSA) is 68.5 Å². The summed E-state index contributed by atoms with van der Waals surface area (Å²) >= 11 is 0. The summed E-state index contributed by atoms with van der Waals surface area (Å²) < 4.78 is 53.1. The molecular formula is C30H36F3N3O3. The molecule has 1 aliphatic rings. The van der Waals surface area contributed by atoms with Gasteiger partial charge < -0.3 is 9.26 Å². The molecule has 0 bridgehead atoms. The molecule has 0 unspecified atom stereocenters. The third-order valence-corrected chi connectivity index (χ3v) is 6.78. The van der Waals surface area contributed by atoms with E-state index in [0.717, 1.165) is 18.1 Å². The highest BCUT2D eigenvalue weighted by Gasteiger charge is 2.37. The van der Waals surface area contributed by atoms with Gasteiger partial charge in [0.05, 0.1) is 5.56 Å². The van der Waals surface area contributed by atoms with Gasteiger partial charge in [0.15, 0.2) is 0 Å². The Morgan fingerprint density at radius 2 is 1.72 bits per heavy atom. The van der Waals surface area contributed by atoms with Gasteiger partial charge in [-0.05, 0) is 74.6 Å². The van der Waals surface area contributed by atoms with Crippen molar-refractivity contribution in [2.24, 2.45) is 0 Å². The normalized spacial score (nSPS) is 16.5. The van der Waals surface area contributed by atoms with Crippen LogP contribution in [-0.4, -0.2) is 33.3 Å². The molecule has 6 nitrogen and oxygen atoms in total. The minimum atomic E-state index is -4.53. The quantitative estimate of drug-likeness (QED) is 0.327. The summed E-state index contributed by atoms with van der Waals surface area (Å²) in [5.74, 6) is 0.237. The Morgan fingerprint density at radius 1 is 1.03 bits per heavy atom. The van der Waals surface area contributed by atoms with Gasteiger partial charge in [-0.25, -0.2) is 4.79 Å². The molecular weight excluding hydrogens is 507 g/mol. The Hall–Kier alpha value is -3.36. The first-order chi connectivity index (χ1) is 18.1. The number of rotatable bonds is 5. The molecule has 9 heteroatoms. The molecule has 1 aromatic heterocycles. The van der Waals surface area contributed by atoms with Crippen molar-refractivity contribution in [1.29, 1.82) is 0 Å². The maximum absolute atomic E-state index is 14.1. The number of carbonyl (C=O) groups is 1. The van der Waals surface area contributed by atoms with E-state index in [0.29, 0.717) is 19.4 Å². The number of nitrogens with zero attached hydrogens (tertiary/aromatic N) is 3. The minimum absolute atomic E-state index is 0.0125. The van der Waals surface area contributed by atoms with Crippen LogP contribution in [0.4, 0.5) is 18.0 Å². The van der Waals surface area contributed by atoms with Crippen LogP contribution in [0.2, 0.25) is 0 Å². The van der Waals surface area contributed by atoms with Gasteiger partial charge in [0.25, 0.3) is 0 Å². The molecule has 39 heavy (non-hydrogen) atoms. The highest BCUT2D eigenvalue weighted by atomic mass is 19.4. The second kappa shape index (κ2) is 10.7. The molecule has 4 rings (SSSR count). The first-order valence-electron chi connectivity index (χ1n) is 13.2. The molecule has 1 fully saturated rings. The average Bonchev–Trinajstić information content (AvgIpc) is 3.50. The smallest absolute Gasteiger partial charge is 0.416 e. The Bertz CT molecular complexity index is 1300. The highest BCUT2D eigenvalue weighted by molar-refractivity contribution is 5.69. The minimum Gasteiger partial charge on any atom is -0.444 e. The predicted octanol–water partition coefficient (Wildman–Crippen LogP) is 7.91. The van der Waals surface area contributed by atoms with E-state index < -0.39 is 29.5 Å². The van der Waals surface area contributed by atoms with Crippen molar-refractivity contribution in [3.8, 4) is 11.4 Å². The average molecular weight is 544 g/mol. The van der Waals surface area contributed by atoms with E-state index >= 15 is 0 Å². The standard InChI is InChI=1S/C30H36F3N3O3/c1-28(2,3)22-15-10-19(11-16-22)9-12-20-13-14-21(18-23(20)30(31,32)33)25-34-26(39-35-25)24-8-7-17-36(24)27(37)38-29(4,5)6/h10-11,13-16,18,24H,7-9,12,17H2,1-6H3/t24-/m0/s1. The molecule has 1 aliphatic heterocycles. The lowest BCUT2D eigenvalue weighted by atomic mass is 9.86. The van der Waals surface area contributed by atoms with Gasteiger partial charge in [0, 0.05) is 12.1 Å². The van der Waals surface area contributed by atoms with Gasteiger partial charge >= 0.3 is 12.3 Å². The van der Waals surface area contributed by atoms with Gasteiger partial charge in [-0.3, -0.25) is 4.90 Å². The first kappa shape index (κ1) is 28.6. The third kappa shape index (κ3) is 6.99. The molecule has 0 radical (unpaired) electrons. The summed E-state index contributed by atoms with van der Waals surface area (Å²) in [6.07, 6.45) is -2.96. The van der Waals surface area contributed by atoms with E-state index in [9.17, 15) is 18.0 Å². The molecule has 2 heterocycles. The van der Waals surface area contributed by atoms with Crippen molar-refractivity contribution in [2.45, 2.75) is 90.5 Å². The van der Waals surface area contributed by atoms with Gasteiger partial charge in [-0.15, -0.1) is 0 Å². The van der Waals surface area contributed by atoms with Crippen LogP contribution in [0.3, 0.4) is 0 Å². The fraction of sp³-hybridized carbons (Fsp3) is 0.500. The van der Waals surface area contributed by atoms with E-state index in [1.807, 2.05) is 24.3 Å². The van der Waals surface area contributed by atoms with Crippen LogP contribution in [0, 0.1) is 0 Å². The monoisotopic (exact) mass is 543 g/mol. The third-order valence-electron chi connectivity index (χ3n) is 6.78. The Labute approximate surface area is 227 Å². The number of likely N-dealkylation sites (tertiary alicyclic amines) is 1. The number of hydrogen-bond donors (Lipinski definition) is 0. The number of aryl methyl sites for hydroxylation is 2. The molecule has 0 spiro atoms. The van der Waals surface area contributed by atoms with E-state index in [1.165, 1.54) is 16.5 Å². The molecule has 2 aromatic carbocycles. The van der Waals surface area contributed by atoms with Crippen LogP contribution in [0.15, 0.2) is 47.0 Å². The first-order valence-corrected chi connectivity index (χ1v) is 13.2. The Kier molecular flexibility index (Phi) is 7.83. The molecule has 1 atom stereocenters. The lowest BCUT2D eigenvalue weighted by Gasteiger charge is -2.26. The zero-order valence-electron chi connectivity index (χ0n) is 23.4. The fourth-order valence-electron chi connectivity index (χ4n) is 4.70. The molecule has 0 aliphatic carbocycles. The van der Waals surface area contributed by atoms with Crippen molar-refractivity contribution in [2.75, 3.05) is 6.54 Å². The van der Waals surface area contributed by atoms with Gasteiger partial charge in [0.2, 0.25) is 11.7 Å². The Balaban J connectivity index is 1.53. The second-order valence-corrected chi connectivity index (χ2v) is 12.1. The zero-order valence-corrected chi connectivity index (χ0v) is 23.4. The maximum atomic E-state index is 14.1. The van der Waals surface area contributed by atoms with E-state index in [2.05, 4.69) is 30.9 Å². The van der Waals surface area contributed by atoms with Crippen molar-refractivity contribution < 1.29 is 27.2 Å². The number of amides is 1. The van der Waals surface area contributed by atoms with Crippen LogP contribution >= 0.6 is 0 Å². The number of halogens is 3. The summed E-state index contributed by atoms with van der Waals surface area (Å²) in [6.45, 7) is 12.2. The van der Waals surface area contributed by atoms with Gasteiger partial charge in [-0.2, -0.15) is 18.2 Å². The number of carbonyl (C=O) groups excluding carboxylic acids is 1. The maximum Gasteiger partial charge on any atom is 0.416 e. The summed E-state index contributed by atoms with van der Waals surface area (Å²) in [7, 11) is 0. The number of benzene rings is 2.